The highest BCUT2D eigenvalue weighted by Gasteiger charge is 2.19. The van der Waals surface area contributed by atoms with E-state index in [0.29, 0.717) is 19.3 Å². The third-order valence-electron chi connectivity index (χ3n) is 10.4. The molecule has 0 fully saturated rings. The predicted molar refractivity (Wildman–Crippen MR) is 215 cm³/mol. The Bertz CT molecular complexity index is 768. The summed E-state index contributed by atoms with van der Waals surface area (Å²) in [6.45, 7) is 8.88. The van der Waals surface area contributed by atoms with Gasteiger partial charge in [0.05, 0.1) is 0 Å². The number of hydrogen-bond acceptors (Lipinski definition) is 6. The van der Waals surface area contributed by atoms with E-state index in [-0.39, 0.29) is 31.1 Å². The van der Waals surface area contributed by atoms with Gasteiger partial charge in [0.1, 0.15) is 13.2 Å². The van der Waals surface area contributed by atoms with Crippen LogP contribution in [0, 0.1) is 5.92 Å². The molecule has 0 saturated carbocycles. The number of ether oxygens (including phenoxy) is 3. The van der Waals surface area contributed by atoms with E-state index in [4.69, 9.17) is 14.2 Å². The van der Waals surface area contributed by atoms with Crippen molar-refractivity contribution in [3.8, 4) is 0 Å². The van der Waals surface area contributed by atoms with Gasteiger partial charge in [0.25, 0.3) is 0 Å². The number of rotatable bonds is 40. The first-order valence-electron chi connectivity index (χ1n) is 22.4. The fourth-order valence-corrected chi connectivity index (χ4v) is 6.59. The molecular formula is C45H86O6. The quantitative estimate of drug-likeness (QED) is 0.0356. The monoisotopic (exact) mass is 723 g/mol. The largest absolute Gasteiger partial charge is 0.462 e. The van der Waals surface area contributed by atoms with E-state index in [9.17, 15) is 14.4 Å². The summed E-state index contributed by atoms with van der Waals surface area (Å²) in [5, 5.41) is 0. The minimum absolute atomic E-state index is 0.0659. The van der Waals surface area contributed by atoms with Crippen molar-refractivity contribution in [2.45, 2.75) is 252 Å². The summed E-state index contributed by atoms with van der Waals surface area (Å²) in [5.74, 6) is -0.0633. The lowest BCUT2D eigenvalue weighted by molar-refractivity contribution is -0.167. The van der Waals surface area contributed by atoms with Crippen molar-refractivity contribution in [3.63, 3.8) is 0 Å². The Balaban J connectivity index is 4.12. The Morgan fingerprint density at radius 1 is 0.392 bits per heavy atom. The van der Waals surface area contributed by atoms with Crippen LogP contribution in [0.3, 0.4) is 0 Å². The molecule has 302 valence electrons. The molecule has 0 aromatic rings. The number of carbonyl (C=O) groups excluding carboxylic acids is 3. The Labute approximate surface area is 317 Å². The zero-order valence-corrected chi connectivity index (χ0v) is 34.6. The molecule has 0 aromatic carbocycles. The summed E-state index contributed by atoms with van der Waals surface area (Å²) in [5.41, 5.74) is 0. The molecule has 0 rings (SSSR count). The Hall–Kier alpha value is -1.59. The summed E-state index contributed by atoms with van der Waals surface area (Å²) < 4.78 is 16.6. The van der Waals surface area contributed by atoms with Crippen molar-refractivity contribution in [2.24, 2.45) is 5.92 Å². The first-order chi connectivity index (χ1) is 24.9. The third kappa shape index (κ3) is 38.0. The van der Waals surface area contributed by atoms with Crippen LogP contribution in [-0.4, -0.2) is 37.2 Å². The van der Waals surface area contributed by atoms with Gasteiger partial charge in [0.15, 0.2) is 6.10 Å². The van der Waals surface area contributed by atoms with Gasteiger partial charge in [0, 0.05) is 19.3 Å². The Morgan fingerprint density at radius 2 is 0.686 bits per heavy atom. The van der Waals surface area contributed by atoms with Gasteiger partial charge in [-0.05, 0) is 25.2 Å². The zero-order valence-electron chi connectivity index (χ0n) is 34.6. The standard InChI is InChI=1S/C45H86O6/c1-5-8-10-12-13-14-15-16-17-18-19-20-21-22-23-24-29-33-37-44(47)50-40-42(39-49-43(46)36-32-27-11-9-6-2)51-45(48)38-34-30-26-25-28-31-35-41(4)7-3/h41-42H,5-40H2,1-4H3/t41?,42-/m0/s1. The number of esters is 3. The smallest absolute Gasteiger partial charge is 0.306 e. The van der Waals surface area contributed by atoms with Crippen molar-refractivity contribution in [1.82, 2.24) is 0 Å². The van der Waals surface area contributed by atoms with E-state index in [1.807, 2.05) is 0 Å². The van der Waals surface area contributed by atoms with E-state index in [0.717, 1.165) is 70.1 Å². The van der Waals surface area contributed by atoms with Crippen LogP contribution in [0.5, 0.6) is 0 Å². The van der Waals surface area contributed by atoms with Crippen molar-refractivity contribution in [2.75, 3.05) is 13.2 Å². The number of unbranched alkanes of at least 4 members (excludes halogenated alkanes) is 26. The molecule has 0 spiro atoms. The summed E-state index contributed by atoms with van der Waals surface area (Å²) >= 11 is 0. The molecule has 2 atom stereocenters. The maximum absolute atomic E-state index is 12.6. The predicted octanol–water partition coefficient (Wildman–Crippen LogP) is 13.9. The molecule has 6 nitrogen and oxygen atoms in total. The fourth-order valence-electron chi connectivity index (χ4n) is 6.59. The van der Waals surface area contributed by atoms with E-state index in [2.05, 4.69) is 27.7 Å². The van der Waals surface area contributed by atoms with Crippen LogP contribution in [0.25, 0.3) is 0 Å². The molecule has 0 bridgehead atoms. The van der Waals surface area contributed by atoms with Gasteiger partial charge < -0.3 is 14.2 Å². The second-order valence-corrected chi connectivity index (χ2v) is 15.6. The van der Waals surface area contributed by atoms with E-state index < -0.39 is 6.10 Å². The van der Waals surface area contributed by atoms with Crippen molar-refractivity contribution >= 4 is 17.9 Å². The van der Waals surface area contributed by atoms with Crippen LogP contribution in [0.4, 0.5) is 0 Å². The minimum Gasteiger partial charge on any atom is -0.462 e. The molecule has 0 saturated heterocycles. The molecule has 0 radical (unpaired) electrons. The zero-order chi connectivity index (χ0) is 37.5. The lowest BCUT2D eigenvalue weighted by Crippen LogP contribution is -2.30. The van der Waals surface area contributed by atoms with Crippen LogP contribution in [0.1, 0.15) is 246 Å². The van der Waals surface area contributed by atoms with Gasteiger partial charge in [-0.2, -0.15) is 0 Å². The molecule has 1 unspecified atom stereocenters. The number of carbonyl (C=O) groups is 3. The van der Waals surface area contributed by atoms with Crippen LogP contribution >= 0.6 is 0 Å². The van der Waals surface area contributed by atoms with E-state index >= 15 is 0 Å². The summed E-state index contributed by atoms with van der Waals surface area (Å²) in [6, 6.07) is 0. The summed E-state index contributed by atoms with van der Waals surface area (Å²) in [7, 11) is 0. The molecule has 0 aliphatic carbocycles. The third-order valence-corrected chi connectivity index (χ3v) is 10.4. The summed E-state index contributed by atoms with van der Waals surface area (Å²) in [6.07, 6.45) is 38.4. The van der Waals surface area contributed by atoms with Gasteiger partial charge in [-0.15, -0.1) is 0 Å². The SMILES string of the molecule is CCCCCCCCCCCCCCCCCCCCC(=O)OC[C@H](COC(=O)CCCCCCC)OC(=O)CCCCCCCCC(C)CC. The van der Waals surface area contributed by atoms with Crippen LogP contribution < -0.4 is 0 Å². The van der Waals surface area contributed by atoms with Crippen LogP contribution in [-0.2, 0) is 28.6 Å². The first-order valence-corrected chi connectivity index (χ1v) is 22.4. The Kier molecular flexibility index (Phi) is 38.4. The van der Waals surface area contributed by atoms with Gasteiger partial charge >= 0.3 is 17.9 Å². The molecule has 0 aliphatic heterocycles. The molecule has 0 aliphatic rings. The molecular weight excluding hydrogens is 636 g/mol. The van der Waals surface area contributed by atoms with Crippen molar-refractivity contribution in [3.05, 3.63) is 0 Å². The molecule has 0 amide bonds. The lowest BCUT2D eigenvalue weighted by atomic mass is 10.00. The number of hydrogen-bond donors (Lipinski definition) is 0. The highest BCUT2D eigenvalue weighted by atomic mass is 16.6. The maximum atomic E-state index is 12.6. The van der Waals surface area contributed by atoms with Gasteiger partial charge in [-0.1, -0.05) is 207 Å². The topological polar surface area (TPSA) is 78.9 Å². The molecule has 0 heterocycles. The highest BCUT2D eigenvalue weighted by Crippen LogP contribution is 2.17. The average molecular weight is 723 g/mol. The molecule has 51 heavy (non-hydrogen) atoms. The lowest BCUT2D eigenvalue weighted by Gasteiger charge is -2.18. The molecule has 0 aromatic heterocycles. The Morgan fingerprint density at radius 3 is 1.02 bits per heavy atom. The van der Waals surface area contributed by atoms with Gasteiger partial charge in [-0.3, -0.25) is 14.4 Å². The normalized spacial score (nSPS) is 12.5. The van der Waals surface area contributed by atoms with E-state index in [1.165, 1.54) is 135 Å². The van der Waals surface area contributed by atoms with Crippen molar-refractivity contribution in [1.29, 1.82) is 0 Å². The maximum Gasteiger partial charge on any atom is 0.306 e. The second kappa shape index (κ2) is 39.6. The van der Waals surface area contributed by atoms with Gasteiger partial charge in [-0.25, -0.2) is 0 Å². The van der Waals surface area contributed by atoms with E-state index in [1.54, 1.807) is 0 Å². The van der Waals surface area contributed by atoms with Crippen molar-refractivity contribution < 1.29 is 28.6 Å². The van der Waals surface area contributed by atoms with Gasteiger partial charge in [0.2, 0.25) is 0 Å². The average Bonchev–Trinajstić information content (AvgIpc) is 3.13. The first kappa shape index (κ1) is 49.4. The summed E-state index contributed by atoms with van der Waals surface area (Å²) in [4.78, 5) is 37.4. The second-order valence-electron chi connectivity index (χ2n) is 15.6. The molecule has 6 heteroatoms. The molecule has 0 N–H and O–H groups in total. The van der Waals surface area contributed by atoms with Crippen LogP contribution in [0.2, 0.25) is 0 Å². The highest BCUT2D eigenvalue weighted by molar-refractivity contribution is 5.71. The minimum atomic E-state index is -0.758. The fraction of sp³-hybridized carbons (Fsp3) is 0.933. The van der Waals surface area contributed by atoms with Crippen LogP contribution in [0.15, 0.2) is 0 Å².